The molecule has 0 aliphatic heterocycles. The highest BCUT2D eigenvalue weighted by molar-refractivity contribution is 6.31. The van der Waals surface area contributed by atoms with Gasteiger partial charge in [-0.15, -0.1) is 0 Å². The molecule has 0 radical (unpaired) electrons. The van der Waals surface area contributed by atoms with Crippen molar-refractivity contribution in [3.63, 3.8) is 0 Å². The third-order valence-electron chi connectivity index (χ3n) is 2.70. The Hall–Kier alpha value is -1.68. The lowest BCUT2D eigenvalue weighted by Crippen LogP contribution is -2.11. The van der Waals surface area contributed by atoms with Crippen molar-refractivity contribution >= 4 is 17.3 Å². The van der Waals surface area contributed by atoms with E-state index in [1.165, 1.54) is 0 Å². The van der Waals surface area contributed by atoms with E-state index in [4.69, 9.17) is 16.3 Å². The van der Waals surface area contributed by atoms with Crippen LogP contribution in [0.3, 0.4) is 0 Å². The zero-order valence-electron chi connectivity index (χ0n) is 10.5. The summed E-state index contributed by atoms with van der Waals surface area (Å²) < 4.78 is 7.18. The van der Waals surface area contributed by atoms with Crippen LogP contribution in [0, 0.1) is 6.92 Å². The van der Waals surface area contributed by atoms with E-state index in [0.717, 1.165) is 30.1 Å². The number of aromatic nitrogens is 2. The number of nitrogens with zero attached hydrogens (tertiary/aromatic N) is 2. The molecular formula is C13H16ClN3O. The molecule has 1 heterocycles. The summed E-state index contributed by atoms with van der Waals surface area (Å²) in [5.41, 5.74) is 1.98. The summed E-state index contributed by atoms with van der Waals surface area (Å²) in [7, 11) is 1.64. The summed E-state index contributed by atoms with van der Waals surface area (Å²) in [5.74, 6) is 0.756. The molecule has 1 N–H and O–H groups in total. The van der Waals surface area contributed by atoms with Crippen LogP contribution in [0.2, 0.25) is 5.02 Å². The van der Waals surface area contributed by atoms with E-state index in [-0.39, 0.29) is 0 Å². The number of hydrogen-bond donors (Lipinski definition) is 1. The number of halogens is 1. The molecular weight excluding hydrogens is 250 g/mol. The molecule has 0 saturated carbocycles. The monoisotopic (exact) mass is 265 g/mol. The number of methoxy groups -OCH3 is 1. The lowest BCUT2D eigenvalue weighted by atomic mass is 10.2. The lowest BCUT2D eigenvalue weighted by molar-refractivity contribution is 0.416. The Morgan fingerprint density at radius 2 is 2.28 bits per heavy atom. The number of aryl methyl sites for hydroxylation is 1. The minimum absolute atomic E-state index is 0.712. The minimum atomic E-state index is 0.712. The number of hydrogen-bond acceptors (Lipinski definition) is 3. The molecule has 1 aromatic heterocycles. The van der Waals surface area contributed by atoms with Gasteiger partial charge in [0.1, 0.15) is 5.75 Å². The van der Waals surface area contributed by atoms with Crippen LogP contribution in [0.15, 0.2) is 30.6 Å². The molecule has 4 nitrogen and oxygen atoms in total. The van der Waals surface area contributed by atoms with Crippen molar-refractivity contribution in [2.24, 2.45) is 0 Å². The highest BCUT2D eigenvalue weighted by Gasteiger charge is 2.06. The standard InChI is InChI=1S/C13H16ClN3O/c1-10-8-12(13(18-2)9-11(10)14)15-5-7-17-6-3-4-16-17/h3-4,6,8-9,15H,5,7H2,1-2H3. The predicted octanol–water partition coefficient (Wildman–Crippen LogP) is 2.97. The molecule has 96 valence electrons. The molecule has 1 aromatic carbocycles. The molecule has 0 spiro atoms. The Balaban J connectivity index is 2.02. The Morgan fingerprint density at radius 1 is 1.44 bits per heavy atom. The van der Waals surface area contributed by atoms with Gasteiger partial charge in [-0.05, 0) is 24.6 Å². The second-order valence-corrected chi connectivity index (χ2v) is 4.40. The zero-order valence-corrected chi connectivity index (χ0v) is 11.2. The second-order valence-electron chi connectivity index (χ2n) is 4.00. The van der Waals surface area contributed by atoms with E-state index in [1.54, 1.807) is 13.3 Å². The fourth-order valence-electron chi connectivity index (χ4n) is 1.71. The zero-order chi connectivity index (χ0) is 13.0. The maximum atomic E-state index is 6.06. The first-order valence-corrected chi connectivity index (χ1v) is 6.14. The van der Waals surface area contributed by atoms with Crippen molar-refractivity contribution in [2.45, 2.75) is 13.5 Å². The van der Waals surface area contributed by atoms with E-state index in [9.17, 15) is 0 Å². The summed E-state index contributed by atoms with van der Waals surface area (Å²) in [5, 5.41) is 8.18. The highest BCUT2D eigenvalue weighted by atomic mass is 35.5. The van der Waals surface area contributed by atoms with Gasteiger partial charge in [0.15, 0.2) is 0 Å². The van der Waals surface area contributed by atoms with Gasteiger partial charge in [0.25, 0.3) is 0 Å². The maximum Gasteiger partial charge on any atom is 0.143 e. The fraction of sp³-hybridized carbons (Fsp3) is 0.308. The third-order valence-corrected chi connectivity index (χ3v) is 3.10. The molecule has 0 bridgehead atoms. The van der Waals surface area contributed by atoms with Gasteiger partial charge >= 0.3 is 0 Å². The summed E-state index contributed by atoms with van der Waals surface area (Å²) in [6.07, 6.45) is 3.71. The molecule has 18 heavy (non-hydrogen) atoms. The minimum Gasteiger partial charge on any atom is -0.495 e. The van der Waals surface area contributed by atoms with Crippen LogP contribution in [0.4, 0.5) is 5.69 Å². The van der Waals surface area contributed by atoms with Crippen molar-refractivity contribution in [1.29, 1.82) is 0 Å². The Kier molecular flexibility index (Phi) is 4.10. The van der Waals surface area contributed by atoms with Crippen LogP contribution in [0.5, 0.6) is 5.75 Å². The van der Waals surface area contributed by atoms with Crippen molar-refractivity contribution in [1.82, 2.24) is 9.78 Å². The summed E-state index contributed by atoms with van der Waals surface area (Å²) in [6, 6.07) is 5.73. The normalized spacial score (nSPS) is 10.4. The van der Waals surface area contributed by atoms with E-state index >= 15 is 0 Å². The van der Waals surface area contributed by atoms with Gasteiger partial charge in [0.05, 0.1) is 19.3 Å². The van der Waals surface area contributed by atoms with Gasteiger partial charge in [0, 0.05) is 30.0 Å². The summed E-state index contributed by atoms with van der Waals surface area (Å²) >= 11 is 6.06. The van der Waals surface area contributed by atoms with Gasteiger partial charge in [-0.25, -0.2) is 0 Å². The predicted molar refractivity (Wildman–Crippen MR) is 73.5 cm³/mol. The first kappa shape index (κ1) is 12.8. The first-order valence-electron chi connectivity index (χ1n) is 5.76. The highest BCUT2D eigenvalue weighted by Crippen LogP contribution is 2.30. The summed E-state index contributed by atoms with van der Waals surface area (Å²) in [4.78, 5) is 0. The molecule has 0 saturated heterocycles. The molecule has 2 aromatic rings. The molecule has 0 atom stereocenters. The van der Waals surface area contributed by atoms with Crippen molar-refractivity contribution < 1.29 is 4.74 Å². The third kappa shape index (κ3) is 2.96. The average Bonchev–Trinajstić information content (AvgIpc) is 2.86. The van der Waals surface area contributed by atoms with E-state index in [2.05, 4.69) is 10.4 Å². The molecule has 0 aliphatic rings. The largest absolute Gasteiger partial charge is 0.495 e. The van der Waals surface area contributed by atoms with E-state index < -0.39 is 0 Å². The van der Waals surface area contributed by atoms with Crippen molar-refractivity contribution in [3.05, 3.63) is 41.2 Å². The number of benzene rings is 1. The molecule has 0 fully saturated rings. The van der Waals surface area contributed by atoms with E-state index in [0.29, 0.717) is 5.02 Å². The number of anilines is 1. The van der Waals surface area contributed by atoms with Crippen molar-refractivity contribution in [3.8, 4) is 5.75 Å². The fourth-order valence-corrected chi connectivity index (χ4v) is 1.86. The van der Waals surface area contributed by atoms with E-state index in [1.807, 2.05) is 36.0 Å². The molecule has 0 amide bonds. The van der Waals surface area contributed by atoms with Crippen molar-refractivity contribution in [2.75, 3.05) is 19.0 Å². The maximum absolute atomic E-state index is 6.06. The number of nitrogens with one attached hydrogen (secondary N) is 1. The van der Waals surface area contributed by atoms with Crippen LogP contribution in [0.25, 0.3) is 0 Å². The Morgan fingerprint density at radius 3 is 2.94 bits per heavy atom. The quantitative estimate of drug-likeness (QED) is 0.903. The SMILES string of the molecule is COc1cc(Cl)c(C)cc1NCCn1cccn1. The van der Waals surface area contributed by atoms with Gasteiger partial charge in [0.2, 0.25) is 0 Å². The smallest absolute Gasteiger partial charge is 0.143 e. The molecule has 5 heteroatoms. The van der Waals surface area contributed by atoms with Crippen LogP contribution >= 0.6 is 11.6 Å². The molecule has 0 aliphatic carbocycles. The van der Waals surface area contributed by atoms with Crippen LogP contribution < -0.4 is 10.1 Å². The molecule has 0 unspecified atom stereocenters. The Bertz CT molecular complexity index is 511. The Labute approximate surface area is 112 Å². The number of ether oxygens (including phenoxy) is 1. The topological polar surface area (TPSA) is 39.1 Å². The number of rotatable bonds is 5. The summed E-state index contributed by atoms with van der Waals surface area (Å²) in [6.45, 7) is 3.55. The second kappa shape index (κ2) is 5.78. The molecule has 2 rings (SSSR count). The van der Waals surface area contributed by atoms with Crippen LogP contribution in [-0.2, 0) is 6.54 Å². The van der Waals surface area contributed by atoms with Gasteiger partial charge in [-0.3, -0.25) is 4.68 Å². The van der Waals surface area contributed by atoms with Gasteiger partial charge in [-0.1, -0.05) is 11.6 Å². The van der Waals surface area contributed by atoms with Crippen LogP contribution in [-0.4, -0.2) is 23.4 Å². The van der Waals surface area contributed by atoms with Gasteiger partial charge < -0.3 is 10.1 Å². The van der Waals surface area contributed by atoms with Crippen LogP contribution in [0.1, 0.15) is 5.56 Å². The first-order chi connectivity index (χ1) is 8.70. The van der Waals surface area contributed by atoms with Gasteiger partial charge in [-0.2, -0.15) is 5.10 Å². The average molecular weight is 266 g/mol. The lowest BCUT2D eigenvalue weighted by Gasteiger charge is -2.13.